The van der Waals surface area contributed by atoms with Gasteiger partial charge in [-0.25, -0.2) is 4.79 Å². The Kier molecular flexibility index (Phi) is 6.21. The number of rotatable bonds is 8. The molecule has 8 nitrogen and oxygen atoms in total. The van der Waals surface area contributed by atoms with E-state index in [-0.39, 0.29) is 36.6 Å². The van der Waals surface area contributed by atoms with Crippen molar-refractivity contribution >= 4 is 11.9 Å². The third-order valence-electron chi connectivity index (χ3n) is 3.98. The van der Waals surface area contributed by atoms with Crippen LogP contribution in [-0.4, -0.2) is 28.1 Å². The highest BCUT2D eigenvalue weighted by molar-refractivity contribution is 5.85. The van der Waals surface area contributed by atoms with Crippen LogP contribution < -0.4 is 5.32 Å². The maximum atomic E-state index is 12.4. The molecule has 0 aliphatic carbocycles. The molecule has 28 heavy (non-hydrogen) atoms. The van der Waals surface area contributed by atoms with Crippen LogP contribution in [0, 0.1) is 5.92 Å². The summed E-state index contributed by atoms with van der Waals surface area (Å²) in [5.41, 5.74) is 0.868. The summed E-state index contributed by atoms with van der Waals surface area (Å²) in [5.74, 6) is -0.189. The van der Waals surface area contributed by atoms with Gasteiger partial charge in [0.25, 0.3) is 11.8 Å². The molecule has 0 aliphatic rings. The number of nitrogens with zero attached hydrogens (tertiary/aromatic N) is 2. The average molecular weight is 383 g/mol. The summed E-state index contributed by atoms with van der Waals surface area (Å²) >= 11 is 0. The molecule has 2 aromatic heterocycles. The normalized spacial score (nSPS) is 12.0. The van der Waals surface area contributed by atoms with E-state index in [0.717, 1.165) is 5.56 Å². The van der Waals surface area contributed by atoms with Gasteiger partial charge in [0.15, 0.2) is 12.4 Å². The number of esters is 1. The van der Waals surface area contributed by atoms with Gasteiger partial charge >= 0.3 is 5.97 Å². The lowest BCUT2D eigenvalue weighted by Gasteiger charge is -2.20. The number of furan rings is 1. The van der Waals surface area contributed by atoms with Gasteiger partial charge in [-0.1, -0.05) is 44.2 Å². The Hall–Kier alpha value is -3.42. The van der Waals surface area contributed by atoms with E-state index in [2.05, 4.69) is 15.5 Å². The number of carbonyl (C=O) groups is 2. The lowest BCUT2D eigenvalue weighted by molar-refractivity contribution is -0.151. The van der Waals surface area contributed by atoms with E-state index in [1.807, 2.05) is 44.2 Å². The Labute approximate surface area is 161 Å². The molecule has 0 radical (unpaired) electrons. The first kappa shape index (κ1) is 19.3. The Morgan fingerprint density at radius 1 is 1.11 bits per heavy atom. The van der Waals surface area contributed by atoms with E-state index < -0.39 is 12.0 Å². The number of hydrogen-bond donors (Lipinski definition) is 1. The van der Waals surface area contributed by atoms with Crippen LogP contribution in [0.15, 0.2) is 57.6 Å². The zero-order valence-electron chi connectivity index (χ0n) is 15.6. The fraction of sp³-hybridized carbons (Fsp3) is 0.300. The van der Waals surface area contributed by atoms with Gasteiger partial charge in [-0.15, -0.1) is 10.2 Å². The number of amides is 1. The predicted octanol–water partition coefficient (Wildman–Crippen LogP) is 2.76. The third-order valence-corrected chi connectivity index (χ3v) is 3.98. The van der Waals surface area contributed by atoms with Gasteiger partial charge in [-0.05, 0) is 23.6 Å². The maximum absolute atomic E-state index is 12.4. The molecule has 1 atom stereocenters. The lowest BCUT2D eigenvalue weighted by Crippen LogP contribution is -2.45. The molecule has 1 aromatic carbocycles. The summed E-state index contributed by atoms with van der Waals surface area (Å²) < 4.78 is 15.8. The van der Waals surface area contributed by atoms with Crippen molar-refractivity contribution in [1.82, 2.24) is 15.5 Å². The maximum Gasteiger partial charge on any atom is 0.329 e. The Balaban J connectivity index is 1.55. The lowest BCUT2D eigenvalue weighted by atomic mass is 10.0. The van der Waals surface area contributed by atoms with Crippen molar-refractivity contribution in [3.63, 3.8) is 0 Å². The van der Waals surface area contributed by atoms with Crippen LogP contribution in [0.4, 0.5) is 0 Å². The summed E-state index contributed by atoms with van der Waals surface area (Å²) in [4.78, 5) is 24.7. The highest BCUT2D eigenvalue weighted by atomic mass is 16.5. The number of carbonyl (C=O) groups excluding carboxylic acids is 2. The molecule has 8 heteroatoms. The molecule has 0 saturated heterocycles. The minimum absolute atomic E-state index is 0.137. The second-order valence-corrected chi connectivity index (χ2v) is 6.54. The standard InChI is InChI=1S/C20H21N3O5/c1-13(2)18(21-16(24)11-14-7-4-3-5-8-14)20(25)27-12-17-22-23-19(28-17)15-9-6-10-26-15/h3-10,13,18H,11-12H2,1-2H3,(H,21,24)/t18-/m0/s1. The van der Waals surface area contributed by atoms with E-state index in [9.17, 15) is 9.59 Å². The molecule has 0 saturated carbocycles. The topological polar surface area (TPSA) is 107 Å². The fourth-order valence-corrected chi connectivity index (χ4v) is 2.54. The first-order valence-electron chi connectivity index (χ1n) is 8.89. The van der Waals surface area contributed by atoms with Gasteiger partial charge in [-0.3, -0.25) is 4.79 Å². The van der Waals surface area contributed by atoms with Crippen LogP contribution >= 0.6 is 0 Å². The Morgan fingerprint density at radius 3 is 2.57 bits per heavy atom. The largest absolute Gasteiger partial charge is 0.459 e. The summed E-state index contributed by atoms with van der Waals surface area (Å²) in [6.07, 6.45) is 1.68. The minimum Gasteiger partial charge on any atom is -0.459 e. The summed E-state index contributed by atoms with van der Waals surface area (Å²) in [7, 11) is 0. The molecule has 0 unspecified atom stereocenters. The summed E-state index contributed by atoms with van der Waals surface area (Å²) in [6, 6.07) is 11.9. The molecule has 3 rings (SSSR count). The summed E-state index contributed by atoms with van der Waals surface area (Å²) in [5, 5.41) is 10.4. The molecular formula is C20H21N3O5. The Morgan fingerprint density at radius 2 is 1.89 bits per heavy atom. The predicted molar refractivity (Wildman–Crippen MR) is 98.7 cm³/mol. The van der Waals surface area contributed by atoms with Gasteiger partial charge in [0.05, 0.1) is 12.7 Å². The van der Waals surface area contributed by atoms with E-state index in [0.29, 0.717) is 5.76 Å². The van der Waals surface area contributed by atoms with Gasteiger partial charge in [0, 0.05) is 0 Å². The van der Waals surface area contributed by atoms with E-state index in [1.54, 1.807) is 12.1 Å². The van der Waals surface area contributed by atoms with Crippen molar-refractivity contribution in [1.29, 1.82) is 0 Å². The fourth-order valence-electron chi connectivity index (χ4n) is 2.54. The van der Waals surface area contributed by atoms with E-state index in [1.165, 1.54) is 6.26 Å². The van der Waals surface area contributed by atoms with Crippen molar-refractivity contribution in [2.75, 3.05) is 0 Å². The highest BCUT2D eigenvalue weighted by Crippen LogP contribution is 2.18. The second kappa shape index (κ2) is 8.98. The molecule has 3 aromatic rings. The molecule has 0 aliphatic heterocycles. The van der Waals surface area contributed by atoms with Crippen molar-refractivity contribution < 1.29 is 23.2 Å². The zero-order valence-corrected chi connectivity index (χ0v) is 15.6. The summed E-state index contributed by atoms with van der Waals surface area (Å²) in [6.45, 7) is 3.47. The zero-order chi connectivity index (χ0) is 19.9. The molecule has 0 bridgehead atoms. The van der Waals surface area contributed by atoms with Crippen LogP contribution in [0.1, 0.15) is 25.3 Å². The minimum atomic E-state index is -0.774. The van der Waals surface area contributed by atoms with Crippen LogP contribution in [0.5, 0.6) is 0 Å². The SMILES string of the molecule is CC(C)[C@H](NC(=O)Cc1ccccc1)C(=O)OCc1nnc(-c2ccco2)o1. The molecule has 0 spiro atoms. The van der Waals surface area contributed by atoms with Crippen LogP contribution in [-0.2, 0) is 27.4 Å². The van der Waals surface area contributed by atoms with E-state index in [4.69, 9.17) is 13.6 Å². The van der Waals surface area contributed by atoms with Crippen molar-refractivity contribution in [2.45, 2.75) is 32.9 Å². The van der Waals surface area contributed by atoms with Crippen LogP contribution in [0.2, 0.25) is 0 Å². The second-order valence-electron chi connectivity index (χ2n) is 6.54. The molecule has 146 valence electrons. The smallest absolute Gasteiger partial charge is 0.329 e. The quantitative estimate of drug-likeness (QED) is 0.596. The number of aromatic nitrogens is 2. The molecule has 0 fully saturated rings. The van der Waals surface area contributed by atoms with E-state index >= 15 is 0 Å². The molecule has 1 amide bonds. The highest BCUT2D eigenvalue weighted by Gasteiger charge is 2.26. The number of benzene rings is 1. The first-order chi connectivity index (χ1) is 13.5. The van der Waals surface area contributed by atoms with Crippen LogP contribution in [0.3, 0.4) is 0 Å². The molecule has 2 heterocycles. The third kappa shape index (κ3) is 5.06. The monoisotopic (exact) mass is 383 g/mol. The van der Waals surface area contributed by atoms with Crippen molar-refractivity contribution in [3.05, 3.63) is 60.2 Å². The van der Waals surface area contributed by atoms with Gasteiger partial charge in [-0.2, -0.15) is 0 Å². The van der Waals surface area contributed by atoms with Gasteiger partial charge in [0.1, 0.15) is 6.04 Å². The first-order valence-corrected chi connectivity index (χ1v) is 8.89. The number of nitrogens with one attached hydrogen (secondary N) is 1. The van der Waals surface area contributed by atoms with Gasteiger partial charge in [0.2, 0.25) is 5.91 Å². The van der Waals surface area contributed by atoms with Gasteiger partial charge < -0.3 is 18.9 Å². The Bertz CT molecular complexity index is 903. The van der Waals surface area contributed by atoms with Crippen molar-refractivity contribution in [3.8, 4) is 11.7 Å². The number of hydrogen-bond acceptors (Lipinski definition) is 7. The van der Waals surface area contributed by atoms with Crippen LogP contribution in [0.25, 0.3) is 11.7 Å². The number of ether oxygens (including phenoxy) is 1. The molecule has 1 N–H and O–H groups in total. The average Bonchev–Trinajstić information content (AvgIpc) is 3.36. The molecular weight excluding hydrogens is 362 g/mol. The van der Waals surface area contributed by atoms with Crippen molar-refractivity contribution in [2.24, 2.45) is 5.92 Å².